The third-order valence-corrected chi connectivity index (χ3v) is 5.02. The second-order valence-corrected chi connectivity index (χ2v) is 7.03. The summed E-state index contributed by atoms with van der Waals surface area (Å²) < 4.78 is 5.72. The first-order valence-corrected chi connectivity index (χ1v) is 8.99. The molecule has 1 amide bonds. The van der Waals surface area contributed by atoms with E-state index < -0.39 is 0 Å². The molecular formula is C20H25Cl2N3O2. The molecule has 2 aliphatic rings. The number of nitrogens with zero attached hydrogens (tertiary/aromatic N) is 1. The number of aromatic nitrogens is 1. The lowest BCUT2D eigenvalue weighted by molar-refractivity contribution is -0.117. The van der Waals surface area contributed by atoms with Crippen molar-refractivity contribution in [2.45, 2.75) is 44.2 Å². The van der Waals surface area contributed by atoms with E-state index in [1.807, 2.05) is 36.4 Å². The lowest BCUT2D eigenvalue weighted by Crippen LogP contribution is -2.39. The molecule has 2 bridgehead atoms. The van der Waals surface area contributed by atoms with Gasteiger partial charge in [0.15, 0.2) is 0 Å². The van der Waals surface area contributed by atoms with E-state index in [2.05, 4.69) is 15.6 Å². The third kappa shape index (κ3) is 5.83. The van der Waals surface area contributed by atoms with Gasteiger partial charge in [0.2, 0.25) is 11.8 Å². The van der Waals surface area contributed by atoms with E-state index in [1.165, 1.54) is 12.8 Å². The molecule has 2 aliphatic heterocycles. The minimum Gasteiger partial charge on any atom is -0.439 e. The highest BCUT2D eigenvalue weighted by Crippen LogP contribution is 2.33. The normalized spacial score (nSPS) is 22.9. The first-order valence-electron chi connectivity index (χ1n) is 8.99. The predicted octanol–water partition coefficient (Wildman–Crippen LogP) is 4.58. The Balaban J connectivity index is 0.00000131. The molecule has 1 aromatic heterocycles. The minimum atomic E-state index is 0. The number of pyridine rings is 1. The van der Waals surface area contributed by atoms with E-state index in [0.29, 0.717) is 36.1 Å². The molecule has 5 nitrogen and oxygen atoms in total. The van der Waals surface area contributed by atoms with Gasteiger partial charge >= 0.3 is 0 Å². The standard InChI is InChI=1S/C20H23N3O2.2ClH/c24-19(12-14-10-16-7-8-17(11-14)22-16)23-15-4-3-5-18(13-15)25-20-6-1-2-9-21-20;;/h1-6,9,13-14,16-17,22H,7-8,10-12H2,(H,23,24);2*1H. The molecule has 2 N–H and O–H groups in total. The summed E-state index contributed by atoms with van der Waals surface area (Å²) >= 11 is 0. The van der Waals surface area contributed by atoms with E-state index in [0.717, 1.165) is 18.5 Å². The Morgan fingerprint density at radius 1 is 1.11 bits per heavy atom. The summed E-state index contributed by atoms with van der Waals surface area (Å²) in [4.78, 5) is 16.5. The van der Waals surface area contributed by atoms with Gasteiger partial charge in [-0.1, -0.05) is 12.1 Å². The van der Waals surface area contributed by atoms with Gasteiger partial charge in [-0.05, 0) is 49.8 Å². The Bertz CT molecular complexity index is 733. The van der Waals surface area contributed by atoms with Gasteiger partial charge in [0.25, 0.3) is 0 Å². The summed E-state index contributed by atoms with van der Waals surface area (Å²) in [7, 11) is 0. The average Bonchev–Trinajstić information content (AvgIpc) is 2.94. The van der Waals surface area contributed by atoms with E-state index in [1.54, 1.807) is 12.3 Å². The fourth-order valence-corrected chi connectivity index (χ4v) is 3.98. The highest BCUT2D eigenvalue weighted by atomic mass is 35.5. The van der Waals surface area contributed by atoms with Crippen LogP contribution in [0, 0.1) is 5.92 Å². The number of hydrogen-bond acceptors (Lipinski definition) is 4. The molecule has 0 radical (unpaired) electrons. The molecule has 3 heterocycles. The summed E-state index contributed by atoms with van der Waals surface area (Å²) in [5.74, 6) is 1.78. The van der Waals surface area contributed by atoms with Gasteiger partial charge in [-0.3, -0.25) is 4.79 Å². The zero-order valence-electron chi connectivity index (χ0n) is 15.0. The molecule has 2 unspecified atom stereocenters. The number of hydrogen-bond donors (Lipinski definition) is 2. The van der Waals surface area contributed by atoms with Crippen molar-refractivity contribution in [2.75, 3.05) is 5.32 Å². The summed E-state index contributed by atoms with van der Waals surface area (Å²) in [5.41, 5.74) is 0.760. The van der Waals surface area contributed by atoms with Gasteiger partial charge in [0.05, 0.1) is 0 Å². The highest BCUT2D eigenvalue weighted by Gasteiger charge is 2.34. The second kappa shape index (κ2) is 9.93. The van der Waals surface area contributed by atoms with Gasteiger partial charge in [-0.25, -0.2) is 4.98 Å². The number of carbonyl (C=O) groups is 1. The van der Waals surface area contributed by atoms with Crippen molar-refractivity contribution in [3.05, 3.63) is 48.7 Å². The maximum Gasteiger partial charge on any atom is 0.224 e. The fourth-order valence-electron chi connectivity index (χ4n) is 3.98. The third-order valence-electron chi connectivity index (χ3n) is 5.02. The van der Waals surface area contributed by atoms with Crippen LogP contribution in [0.25, 0.3) is 0 Å². The molecule has 2 fully saturated rings. The van der Waals surface area contributed by atoms with Gasteiger partial charge in [0.1, 0.15) is 5.75 Å². The number of rotatable bonds is 5. The van der Waals surface area contributed by atoms with Crippen LogP contribution in [0.2, 0.25) is 0 Å². The van der Waals surface area contributed by atoms with Crippen molar-refractivity contribution >= 4 is 36.4 Å². The lowest BCUT2D eigenvalue weighted by Gasteiger charge is -2.28. The van der Waals surface area contributed by atoms with Crippen LogP contribution in [0.3, 0.4) is 0 Å². The molecular weight excluding hydrogens is 385 g/mol. The quantitative estimate of drug-likeness (QED) is 0.758. The predicted molar refractivity (Wildman–Crippen MR) is 111 cm³/mol. The molecule has 2 saturated heterocycles. The van der Waals surface area contributed by atoms with Gasteiger partial charge in [0, 0.05) is 42.5 Å². The summed E-state index contributed by atoms with van der Waals surface area (Å²) in [6.07, 6.45) is 7.04. The molecule has 0 spiro atoms. The molecule has 146 valence electrons. The molecule has 27 heavy (non-hydrogen) atoms. The number of nitrogens with one attached hydrogen (secondary N) is 2. The van der Waals surface area contributed by atoms with E-state index in [9.17, 15) is 4.79 Å². The Hall–Kier alpha value is -1.82. The Labute approximate surface area is 172 Å². The summed E-state index contributed by atoms with van der Waals surface area (Å²) in [5, 5.41) is 6.63. The SMILES string of the molecule is Cl.Cl.O=C(CC1CC2CCC(C1)N2)Nc1cccc(Oc2ccccn2)c1. The smallest absolute Gasteiger partial charge is 0.224 e. The van der Waals surface area contributed by atoms with E-state index in [-0.39, 0.29) is 30.7 Å². The fraction of sp³-hybridized carbons (Fsp3) is 0.400. The second-order valence-electron chi connectivity index (χ2n) is 7.03. The zero-order chi connectivity index (χ0) is 17.1. The number of benzene rings is 1. The largest absolute Gasteiger partial charge is 0.439 e. The molecule has 0 aliphatic carbocycles. The number of carbonyl (C=O) groups excluding carboxylic acids is 1. The number of amides is 1. The molecule has 0 saturated carbocycles. The number of fused-ring (bicyclic) bond motifs is 2. The maximum atomic E-state index is 12.4. The average molecular weight is 410 g/mol. The molecule has 2 aromatic rings. The zero-order valence-corrected chi connectivity index (χ0v) is 16.6. The number of halogens is 2. The van der Waals surface area contributed by atoms with Crippen LogP contribution in [0.4, 0.5) is 5.69 Å². The first-order chi connectivity index (χ1) is 12.2. The van der Waals surface area contributed by atoms with Crippen molar-refractivity contribution in [1.82, 2.24) is 10.3 Å². The highest BCUT2D eigenvalue weighted by molar-refractivity contribution is 5.91. The first kappa shape index (κ1) is 21.5. The molecule has 1 aromatic carbocycles. The summed E-state index contributed by atoms with van der Waals surface area (Å²) in [6, 6.07) is 14.2. The van der Waals surface area contributed by atoms with Crippen LogP contribution in [0.15, 0.2) is 48.7 Å². The van der Waals surface area contributed by atoms with Crippen LogP contribution in [-0.2, 0) is 4.79 Å². The lowest BCUT2D eigenvalue weighted by atomic mass is 9.89. The molecule has 7 heteroatoms. The topological polar surface area (TPSA) is 63.2 Å². The molecule has 4 rings (SSSR count). The molecule has 2 atom stereocenters. The van der Waals surface area contributed by atoms with Crippen molar-refractivity contribution in [3.63, 3.8) is 0 Å². The van der Waals surface area contributed by atoms with Crippen molar-refractivity contribution in [3.8, 4) is 11.6 Å². The Morgan fingerprint density at radius 3 is 2.59 bits per heavy atom. The van der Waals surface area contributed by atoms with Crippen LogP contribution in [0.5, 0.6) is 11.6 Å². The van der Waals surface area contributed by atoms with Crippen molar-refractivity contribution < 1.29 is 9.53 Å². The number of ether oxygens (including phenoxy) is 1. The van der Waals surface area contributed by atoms with Crippen molar-refractivity contribution in [2.24, 2.45) is 5.92 Å². The van der Waals surface area contributed by atoms with Crippen molar-refractivity contribution in [1.29, 1.82) is 0 Å². The van der Waals surface area contributed by atoms with Crippen LogP contribution in [-0.4, -0.2) is 23.0 Å². The van der Waals surface area contributed by atoms with Gasteiger partial charge in [-0.2, -0.15) is 0 Å². The summed E-state index contributed by atoms with van der Waals surface area (Å²) in [6.45, 7) is 0. The van der Waals surface area contributed by atoms with Crippen LogP contribution < -0.4 is 15.4 Å². The Kier molecular flexibility index (Phi) is 7.90. The van der Waals surface area contributed by atoms with Gasteiger partial charge in [-0.15, -0.1) is 24.8 Å². The van der Waals surface area contributed by atoms with Gasteiger partial charge < -0.3 is 15.4 Å². The van der Waals surface area contributed by atoms with E-state index >= 15 is 0 Å². The minimum absolute atomic E-state index is 0. The maximum absolute atomic E-state index is 12.4. The van der Waals surface area contributed by atoms with Crippen LogP contribution >= 0.6 is 24.8 Å². The monoisotopic (exact) mass is 409 g/mol. The Morgan fingerprint density at radius 2 is 1.89 bits per heavy atom. The number of piperidine rings is 1. The van der Waals surface area contributed by atoms with Crippen LogP contribution in [0.1, 0.15) is 32.1 Å². The van der Waals surface area contributed by atoms with E-state index in [4.69, 9.17) is 4.74 Å². The number of anilines is 1.